The van der Waals surface area contributed by atoms with Crippen LogP contribution in [0.25, 0.3) is 0 Å². The molecule has 1 amide bonds. The van der Waals surface area contributed by atoms with Crippen molar-refractivity contribution in [2.45, 2.75) is 38.6 Å². The summed E-state index contributed by atoms with van der Waals surface area (Å²) in [6.45, 7) is 2.59. The maximum Gasteiger partial charge on any atom is 0.273 e. The van der Waals surface area contributed by atoms with Gasteiger partial charge in [0.2, 0.25) is 5.89 Å². The third-order valence-corrected chi connectivity index (χ3v) is 5.52. The van der Waals surface area contributed by atoms with E-state index in [2.05, 4.69) is 9.97 Å². The Morgan fingerprint density at radius 2 is 2.07 bits per heavy atom. The molecule has 0 unspecified atom stereocenters. The molecular formula is C22H22ClN3O2. The molecule has 4 rings (SSSR count). The van der Waals surface area contributed by atoms with Crippen LogP contribution in [0.5, 0.6) is 0 Å². The number of oxazole rings is 1. The van der Waals surface area contributed by atoms with E-state index in [1.165, 1.54) is 0 Å². The van der Waals surface area contributed by atoms with Gasteiger partial charge in [-0.3, -0.25) is 9.78 Å². The second kappa shape index (κ2) is 8.15. The predicted molar refractivity (Wildman–Crippen MR) is 107 cm³/mol. The Kier molecular flexibility index (Phi) is 5.44. The number of carbonyl (C=O) groups is 1. The number of hydrogen-bond donors (Lipinski definition) is 0. The number of aromatic nitrogens is 2. The number of likely N-dealkylation sites (tertiary alicyclic amines) is 1. The highest BCUT2D eigenvalue weighted by Crippen LogP contribution is 2.32. The Hall–Kier alpha value is -2.66. The van der Waals surface area contributed by atoms with E-state index in [1.54, 1.807) is 12.4 Å². The lowest BCUT2D eigenvalue weighted by Crippen LogP contribution is -2.39. The van der Waals surface area contributed by atoms with Gasteiger partial charge in [-0.15, -0.1) is 0 Å². The van der Waals surface area contributed by atoms with Gasteiger partial charge in [0.05, 0.1) is 6.20 Å². The lowest BCUT2D eigenvalue weighted by atomic mass is 10.0. The Bertz CT molecular complexity index is 985. The number of amides is 1. The van der Waals surface area contributed by atoms with Gasteiger partial charge < -0.3 is 9.32 Å². The average molecular weight is 396 g/mol. The molecule has 1 atom stereocenters. The van der Waals surface area contributed by atoms with E-state index >= 15 is 0 Å². The largest absolute Gasteiger partial charge is 0.443 e. The van der Waals surface area contributed by atoms with Crippen molar-refractivity contribution in [3.05, 3.63) is 82.3 Å². The lowest BCUT2D eigenvalue weighted by Gasteiger charge is -2.33. The molecule has 1 fully saturated rings. The summed E-state index contributed by atoms with van der Waals surface area (Å²) in [6.07, 6.45) is 6.82. The average Bonchev–Trinajstić information content (AvgIpc) is 3.18. The fraction of sp³-hybridized carbons (Fsp3) is 0.318. The first-order valence-electron chi connectivity index (χ1n) is 9.54. The molecular weight excluding hydrogens is 374 g/mol. The molecule has 28 heavy (non-hydrogen) atoms. The van der Waals surface area contributed by atoms with Gasteiger partial charge in [-0.25, -0.2) is 4.98 Å². The monoisotopic (exact) mass is 395 g/mol. The summed E-state index contributed by atoms with van der Waals surface area (Å²) < 4.78 is 6.04. The molecule has 3 aromatic rings. The minimum atomic E-state index is -0.164. The number of piperidine rings is 1. The fourth-order valence-corrected chi connectivity index (χ4v) is 3.87. The smallest absolute Gasteiger partial charge is 0.273 e. The maximum atomic E-state index is 13.1. The minimum absolute atomic E-state index is 0.0614. The van der Waals surface area contributed by atoms with Crippen molar-refractivity contribution in [3.63, 3.8) is 0 Å². The van der Waals surface area contributed by atoms with E-state index in [0.29, 0.717) is 29.6 Å². The molecule has 144 valence electrons. The van der Waals surface area contributed by atoms with E-state index in [4.69, 9.17) is 16.0 Å². The first-order valence-corrected chi connectivity index (χ1v) is 9.92. The van der Waals surface area contributed by atoms with Crippen molar-refractivity contribution in [1.82, 2.24) is 14.9 Å². The highest BCUT2D eigenvalue weighted by molar-refractivity contribution is 6.31. The van der Waals surface area contributed by atoms with Crippen molar-refractivity contribution < 1.29 is 9.21 Å². The van der Waals surface area contributed by atoms with E-state index in [1.807, 2.05) is 48.2 Å². The minimum Gasteiger partial charge on any atom is -0.443 e. The highest BCUT2D eigenvalue weighted by atomic mass is 35.5. The Morgan fingerprint density at radius 3 is 2.89 bits per heavy atom. The van der Waals surface area contributed by atoms with Crippen LogP contribution in [0.15, 0.2) is 53.2 Å². The molecule has 6 heteroatoms. The zero-order valence-corrected chi connectivity index (χ0v) is 16.5. The zero-order chi connectivity index (χ0) is 19.5. The molecule has 1 aliphatic heterocycles. The summed E-state index contributed by atoms with van der Waals surface area (Å²) in [5.41, 5.74) is 2.37. The number of benzene rings is 1. The molecule has 0 saturated carbocycles. The summed E-state index contributed by atoms with van der Waals surface area (Å²) >= 11 is 6.26. The van der Waals surface area contributed by atoms with E-state index in [-0.39, 0.29) is 11.9 Å². The van der Waals surface area contributed by atoms with Crippen LogP contribution in [0, 0.1) is 6.92 Å². The molecule has 3 heterocycles. The Labute approximate surface area is 169 Å². The fourth-order valence-electron chi connectivity index (χ4n) is 3.66. The van der Waals surface area contributed by atoms with Crippen LogP contribution in [0.1, 0.15) is 58.6 Å². The molecule has 1 saturated heterocycles. The first-order chi connectivity index (χ1) is 13.6. The normalized spacial score (nSPS) is 16.9. The van der Waals surface area contributed by atoms with Gasteiger partial charge in [-0.2, -0.15) is 0 Å². The number of rotatable bonds is 4. The quantitative estimate of drug-likeness (QED) is 0.624. The van der Waals surface area contributed by atoms with E-state index < -0.39 is 0 Å². The van der Waals surface area contributed by atoms with Crippen molar-refractivity contribution in [3.8, 4) is 0 Å². The molecule has 1 aliphatic rings. The lowest BCUT2D eigenvalue weighted by molar-refractivity contribution is 0.0563. The number of pyridine rings is 1. The van der Waals surface area contributed by atoms with Crippen LogP contribution in [-0.2, 0) is 6.42 Å². The number of aryl methyl sites for hydroxylation is 1. The highest BCUT2D eigenvalue weighted by Gasteiger charge is 2.33. The van der Waals surface area contributed by atoms with Crippen molar-refractivity contribution in [2.24, 2.45) is 0 Å². The summed E-state index contributed by atoms with van der Waals surface area (Å²) in [7, 11) is 0. The molecule has 5 nitrogen and oxygen atoms in total. The van der Waals surface area contributed by atoms with Gasteiger partial charge in [-0.05, 0) is 49.4 Å². The van der Waals surface area contributed by atoms with Gasteiger partial charge in [0.1, 0.15) is 17.5 Å². The maximum absolute atomic E-state index is 13.1. The van der Waals surface area contributed by atoms with Crippen LogP contribution < -0.4 is 0 Å². The Balaban J connectivity index is 1.57. The van der Waals surface area contributed by atoms with Crippen LogP contribution in [0.4, 0.5) is 0 Å². The Morgan fingerprint density at radius 1 is 1.21 bits per heavy atom. The second-order valence-corrected chi connectivity index (χ2v) is 7.52. The van der Waals surface area contributed by atoms with Gasteiger partial charge in [-0.1, -0.05) is 35.9 Å². The van der Waals surface area contributed by atoms with Gasteiger partial charge in [0, 0.05) is 24.2 Å². The third kappa shape index (κ3) is 3.80. The third-order valence-electron chi connectivity index (χ3n) is 5.15. The summed E-state index contributed by atoms with van der Waals surface area (Å²) in [5, 5.41) is 0.709. The molecule has 2 aromatic heterocycles. The van der Waals surface area contributed by atoms with Crippen molar-refractivity contribution in [2.75, 3.05) is 6.54 Å². The number of nitrogens with zero attached hydrogens (tertiary/aromatic N) is 3. The number of hydrogen-bond acceptors (Lipinski definition) is 4. The molecule has 1 aromatic carbocycles. The topological polar surface area (TPSA) is 59.2 Å². The molecule has 0 N–H and O–H groups in total. The standard InChI is InChI=1S/C22H22ClN3O2/c1-15-7-6-11-24-20(15)22(27)26-12-5-4-10-19(26)21-25-14-17(28-21)13-16-8-2-3-9-18(16)23/h2-3,6-9,11,14,19H,4-5,10,12-13H2,1H3/t19-/m1/s1. The molecule has 0 aliphatic carbocycles. The summed E-state index contributed by atoms with van der Waals surface area (Å²) in [5.74, 6) is 1.27. The van der Waals surface area contributed by atoms with Crippen LogP contribution >= 0.6 is 11.6 Å². The van der Waals surface area contributed by atoms with Gasteiger partial charge in [0.15, 0.2) is 0 Å². The van der Waals surface area contributed by atoms with E-state index in [0.717, 1.165) is 36.1 Å². The predicted octanol–water partition coefficient (Wildman–Crippen LogP) is 4.99. The van der Waals surface area contributed by atoms with Crippen molar-refractivity contribution >= 4 is 17.5 Å². The van der Waals surface area contributed by atoms with Gasteiger partial charge >= 0.3 is 0 Å². The second-order valence-electron chi connectivity index (χ2n) is 7.11. The number of halogens is 1. The van der Waals surface area contributed by atoms with Crippen LogP contribution in [0.2, 0.25) is 5.02 Å². The summed E-state index contributed by atoms with van der Waals surface area (Å²) in [4.78, 5) is 23.8. The van der Waals surface area contributed by atoms with E-state index in [9.17, 15) is 4.79 Å². The zero-order valence-electron chi connectivity index (χ0n) is 15.8. The van der Waals surface area contributed by atoms with Crippen LogP contribution in [0.3, 0.4) is 0 Å². The van der Waals surface area contributed by atoms with Gasteiger partial charge in [0.25, 0.3) is 5.91 Å². The molecule has 0 spiro atoms. The van der Waals surface area contributed by atoms with Crippen LogP contribution in [-0.4, -0.2) is 27.3 Å². The first kappa shape index (κ1) is 18.7. The molecule has 0 radical (unpaired) electrons. The number of carbonyl (C=O) groups excluding carboxylic acids is 1. The molecule has 0 bridgehead atoms. The SMILES string of the molecule is Cc1cccnc1C(=O)N1CCCC[C@@H]1c1ncc(Cc2ccccc2Cl)o1. The summed E-state index contributed by atoms with van der Waals surface area (Å²) in [6, 6.07) is 11.3. The van der Waals surface area contributed by atoms with Crippen molar-refractivity contribution in [1.29, 1.82) is 0 Å².